The van der Waals surface area contributed by atoms with E-state index in [1.807, 2.05) is 24.3 Å². The largest absolute Gasteiger partial charge is 1.00 e. The van der Waals surface area contributed by atoms with Crippen molar-refractivity contribution in [2.75, 3.05) is 33.8 Å². The van der Waals surface area contributed by atoms with Crippen LogP contribution < -0.4 is 12.4 Å². The molecule has 2 nitrogen and oxygen atoms in total. The Kier molecular flexibility index (Phi) is 8.56. The lowest BCUT2D eigenvalue weighted by Gasteiger charge is -2.24. The zero-order valence-electron chi connectivity index (χ0n) is 11.1. The molecule has 0 unspecified atom stereocenters. The molecule has 0 fully saturated rings. The molecule has 0 aromatic heterocycles. The van der Waals surface area contributed by atoms with Crippen molar-refractivity contribution in [1.82, 2.24) is 0 Å². The zero-order valence-corrected chi connectivity index (χ0v) is 13.4. The van der Waals surface area contributed by atoms with Gasteiger partial charge < -0.3 is 22.0 Å². The van der Waals surface area contributed by atoms with Gasteiger partial charge in [0.1, 0.15) is 19.7 Å². The monoisotopic (exact) mass is 341 g/mol. The molecule has 0 aliphatic carbocycles. The molecule has 1 rings (SSSR count). The highest BCUT2D eigenvalue weighted by atomic mass is 79.9. The molecular formula is C15H17BrClNO. The molecule has 0 radical (unpaired) electrons. The van der Waals surface area contributed by atoms with Gasteiger partial charge in [0.25, 0.3) is 0 Å². The van der Waals surface area contributed by atoms with Crippen molar-refractivity contribution in [1.29, 1.82) is 0 Å². The first-order valence-electron chi connectivity index (χ1n) is 5.66. The van der Waals surface area contributed by atoms with E-state index in [9.17, 15) is 0 Å². The van der Waals surface area contributed by atoms with Gasteiger partial charge in [0.05, 0.1) is 14.1 Å². The van der Waals surface area contributed by atoms with Crippen molar-refractivity contribution >= 4 is 15.9 Å². The third-order valence-corrected chi connectivity index (χ3v) is 2.82. The summed E-state index contributed by atoms with van der Waals surface area (Å²) in [5.74, 6) is 11.9. The lowest BCUT2D eigenvalue weighted by Crippen LogP contribution is -3.00. The van der Waals surface area contributed by atoms with E-state index in [4.69, 9.17) is 5.11 Å². The number of quaternary nitrogens is 1. The maximum absolute atomic E-state index is 8.60. The second kappa shape index (κ2) is 9.02. The lowest BCUT2D eigenvalue weighted by molar-refractivity contribution is -0.875. The van der Waals surface area contributed by atoms with Crippen LogP contribution in [0.5, 0.6) is 0 Å². The molecule has 1 aromatic rings. The summed E-state index contributed by atoms with van der Waals surface area (Å²) in [6.07, 6.45) is 0. The molecule has 0 saturated heterocycles. The summed E-state index contributed by atoms with van der Waals surface area (Å²) in [6.45, 7) is 1.34. The van der Waals surface area contributed by atoms with Crippen LogP contribution >= 0.6 is 15.9 Å². The standard InChI is InChI=1S/C15H17BrNO.ClH/c1-17(2,11-3-4-13-18)12-5-6-14-7-9-15(16)10-8-14;/h7-10,18H,11-13H2,1-2H3;1H/q+1;/p-1. The van der Waals surface area contributed by atoms with Crippen molar-refractivity contribution in [3.05, 3.63) is 34.3 Å². The minimum atomic E-state index is -0.0788. The Hall–Kier alpha value is -0.970. The van der Waals surface area contributed by atoms with Gasteiger partial charge in [-0.2, -0.15) is 0 Å². The predicted molar refractivity (Wildman–Crippen MR) is 77.7 cm³/mol. The van der Waals surface area contributed by atoms with Crippen molar-refractivity contribution < 1.29 is 22.0 Å². The van der Waals surface area contributed by atoms with Crippen LogP contribution in [-0.4, -0.2) is 43.4 Å². The molecule has 0 heterocycles. The summed E-state index contributed by atoms with van der Waals surface area (Å²) in [5.41, 5.74) is 1.01. The Labute approximate surface area is 129 Å². The van der Waals surface area contributed by atoms with Crippen molar-refractivity contribution in [2.24, 2.45) is 0 Å². The first kappa shape index (κ1) is 18.0. The van der Waals surface area contributed by atoms with E-state index in [1.165, 1.54) is 0 Å². The second-order valence-electron chi connectivity index (χ2n) is 4.57. The van der Waals surface area contributed by atoms with E-state index >= 15 is 0 Å². The van der Waals surface area contributed by atoms with Gasteiger partial charge in [-0.25, -0.2) is 0 Å². The van der Waals surface area contributed by atoms with Gasteiger partial charge in [-0.3, -0.25) is 0 Å². The van der Waals surface area contributed by atoms with E-state index in [2.05, 4.69) is 53.7 Å². The number of rotatable bonds is 2. The summed E-state index contributed by atoms with van der Waals surface area (Å²) in [7, 11) is 4.14. The Morgan fingerprint density at radius 3 is 2.21 bits per heavy atom. The van der Waals surface area contributed by atoms with Crippen LogP contribution in [0, 0.1) is 23.7 Å². The molecule has 1 aromatic carbocycles. The predicted octanol–water partition coefficient (Wildman–Crippen LogP) is -1.12. The summed E-state index contributed by atoms with van der Waals surface area (Å²) in [5, 5.41) is 8.60. The molecule has 0 atom stereocenters. The first-order valence-corrected chi connectivity index (χ1v) is 6.46. The van der Waals surface area contributed by atoms with Crippen molar-refractivity contribution in [2.45, 2.75) is 0 Å². The average Bonchev–Trinajstić information content (AvgIpc) is 2.32. The SMILES string of the molecule is C[N+](C)(CC#CCO)CC#Cc1ccc(Br)cc1.[Cl-]. The molecular weight excluding hydrogens is 326 g/mol. The van der Waals surface area contributed by atoms with E-state index in [-0.39, 0.29) is 19.0 Å². The quantitative estimate of drug-likeness (QED) is 0.533. The van der Waals surface area contributed by atoms with Gasteiger partial charge >= 0.3 is 0 Å². The molecule has 19 heavy (non-hydrogen) atoms. The van der Waals surface area contributed by atoms with Gasteiger partial charge in [0.15, 0.2) is 0 Å². The van der Waals surface area contributed by atoms with Crippen LogP contribution in [0.2, 0.25) is 0 Å². The number of halogens is 2. The van der Waals surface area contributed by atoms with Gasteiger partial charge in [0, 0.05) is 10.0 Å². The number of hydrogen-bond acceptors (Lipinski definition) is 1. The number of aliphatic hydroxyl groups excluding tert-OH is 1. The highest BCUT2D eigenvalue weighted by Crippen LogP contribution is 2.09. The molecule has 0 spiro atoms. The molecule has 1 N–H and O–H groups in total. The van der Waals surface area contributed by atoms with E-state index in [0.717, 1.165) is 16.6 Å². The normalized spacial score (nSPS) is 9.47. The molecule has 0 saturated carbocycles. The highest BCUT2D eigenvalue weighted by Gasteiger charge is 2.10. The Balaban J connectivity index is 0.00000324. The van der Waals surface area contributed by atoms with Crippen LogP contribution in [0.25, 0.3) is 0 Å². The van der Waals surface area contributed by atoms with Gasteiger partial charge in [-0.05, 0) is 36.1 Å². The minimum absolute atomic E-state index is 0. The topological polar surface area (TPSA) is 20.2 Å². The van der Waals surface area contributed by atoms with Gasteiger partial charge in [-0.15, -0.1) is 0 Å². The Bertz CT molecular complexity index is 503. The number of nitrogens with zero attached hydrogens (tertiary/aromatic N) is 1. The molecule has 102 valence electrons. The summed E-state index contributed by atoms with van der Waals surface area (Å²) in [6, 6.07) is 7.94. The lowest BCUT2D eigenvalue weighted by atomic mass is 10.2. The minimum Gasteiger partial charge on any atom is -1.00 e. The van der Waals surface area contributed by atoms with Crippen molar-refractivity contribution in [3.63, 3.8) is 0 Å². The summed E-state index contributed by atoms with van der Waals surface area (Å²) in [4.78, 5) is 0. The van der Waals surface area contributed by atoms with Crippen LogP contribution in [0.4, 0.5) is 0 Å². The van der Waals surface area contributed by atoms with Gasteiger partial charge in [-0.1, -0.05) is 27.8 Å². The Morgan fingerprint density at radius 2 is 1.63 bits per heavy atom. The third-order valence-electron chi connectivity index (χ3n) is 2.30. The highest BCUT2D eigenvalue weighted by molar-refractivity contribution is 9.10. The van der Waals surface area contributed by atoms with Crippen LogP contribution in [0.15, 0.2) is 28.7 Å². The van der Waals surface area contributed by atoms with Gasteiger partial charge in [0.2, 0.25) is 0 Å². The smallest absolute Gasteiger partial charge is 0.141 e. The van der Waals surface area contributed by atoms with Crippen LogP contribution in [0.1, 0.15) is 5.56 Å². The van der Waals surface area contributed by atoms with Crippen LogP contribution in [0.3, 0.4) is 0 Å². The maximum Gasteiger partial charge on any atom is 0.141 e. The molecule has 0 aliphatic rings. The molecule has 0 bridgehead atoms. The molecule has 4 heteroatoms. The first-order chi connectivity index (χ1) is 8.53. The number of benzene rings is 1. The number of aliphatic hydroxyl groups is 1. The average molecular weight is 343 g/mol. The van der Waals surface area contributed by atoms with E-state index in [1.54, 1.807) is 0 Å². The Morgan fingerprint density at radius 1 is 1.05 bits per heavy atom. The summed E-state index contributed by atoms with van der Waals surface area (Å²) >= 11 is 3.39. The summed E-state index contributed by atoms with van der Waals surface area (Å²) < 4.78 is 1.76. The van der Waals surface area contributed by atoms with Crippen molar-refractivity contribution in [3.8, 4) is 23.7 Å². The fourth-order valence-electron chi connectivity index (χ4n) is 1.27. The zero-order chi connectivity index (χ0) is 13.4. The fraction of sp³-hybridized carbons (Fsp3) is 0.333. The fourth-order valence-corrected chi connectivity index (χ4v) is 1.53. The molecule has 0 amide bonds. The van der Waals surface area contributed by atoms with E-state index in [0.29, 0.717) is 11.0 Å². The van der Waals surface area contributed by atoms with E-state index < -0.39 is 0 Å². The number of hydrogen-bond donors (Lipinski definition) is 1. The molecule has 0 aliphatic heterocycles. The third kappa shape index (κ3) is 7.93. The maximum atomic E-state index is 8.60. The van der Waals surface area contributed by atoms with Crippen LogP contribution in [-0.2, 0) is 0 Å². The second-order valence-corrected chi connectivity index (χ2v) is 5.49.